The first kappa shape index (κ1) is 28.0. The number of ether oxygens (including phenoxy) is 1. The predicted octanol–water partition coefficient (Wildman–Crippen LogP) is 6.24. The van der Waals surface area contributed by atoms with E-state index in [1.54, 1.807) is 36.4 Å². The molecule has 0 radical (unpaired) electrons. The first-order chi connectivity index (χ1) is 17.2. The minimum atomic E-state index is -0.781. The number of nitrogens with zero attached hydrogens (tertiary/aromatic N) is 2. The molecule has 6 nitrogen and oxygen atoms in total. The van der Waals surface area contributed by atoms with Crippen LogP contribution in [-0.4, -0.2) is 59.4 Å². The van der Waals surface area contributed by atoms with E-state index in [2.05, 4.69) is 11.8 Å². The van der Waals surface area contributed by atoms with Crippen molar-refractivity contribution in [3.8, 4) is 5.75 Å². The van der Waals surface area contributed by atoms with Crippen LogP contribution in [0, 0.1) is 6.92 Å². The number of aliphatic hydroxyl groups is 1. The largest absolute Gasteiger partial charge is 0.507 e. The lowest BCUT2D eigenvalue weighted by Gasteiger charge is -2.28. The van der Waals surface area contributed by atoms with Crippen molar-refractivity contribution >= 4 is 40.7 Å². The Bertz CT molecular complexity index is 1140. The number of aliphatic hydroxyl groups excluding tert-OH is 1. The zero-order valence-corrected chi connectivity index (χ0v) is 22.8. The number of hydrogen-bond donors (Lipinski definition) is 1. The minimum absolute atomic E-state index is 0.0389. The molecular weight excluding hydrogens is 499 g/mol. The number of hydrogen-bond acceptors (Lipinski definition) is 5. The topological polar surface area (TPSA) is 70.1 Å². The molecule has 0 spiro atoms. The van der Waals surface area contributed by atoms with E-state index in [4.69, 9.17) is 27.9 Å². The van der Waals surface area contributed by atoms with Gasteiger partial charge < -0.3 is 19.6 Å². The Morgan fingerprint density at radius 2 is 1.78 bits per heavy atom. The summed E-state index contributed by atoms with van der Waals surface area (Å²) in [6.45, 7) is 11.3. The molecule has 1 aliphatic rings. The van der Waals surface area contributed by atoms with Crippen LogP contribution in [0.3, 0.4) is 0 Å². The molecule has 0 aliphatic carbocycles. The number of carbonyl (C=O) groups excluding carboxylic acids is 2. The fourth-order valence-corrected chi connectivity index (χ4v) is 4.68. The van der Waals surface area contributed by atoms with Crippen molar-refractivity contribution in [2.24, 2.45) is 0 Å². The number of Topliss-reactive ketones (excluding diaryl/α,β-unsaturated/α-hetero) is 1. The monoisotopic (exact) mass is 532 g/mol. The standard InChI is InChI=1S/C28H34Cl2N2O4/c1-5-8-15-36-23-12-10-20(16-18(23)4)26(33)24-25(19-9-11-21(29)22(30)17-19)32(28(35)27(24)34)14-13-31(6-2)7-3/h9-12,16-17,25,33H,5-8,13-15H2,1-4H3/t25-/m0/s1. The van der Waals surface area contributed by atoms with Gasteiger partial charge in [0.05, 0.1) is 28.3 Å². The third-order valence-corrected chi connectivity index (χ3v) is 7.29. The second-order valence-corrected chi connectivity index (χ2v) is 9.69. The average Bonchev–Trinajstić information content (AvgIpc) is 3.12. The van der Waals surface area contributed by atoms with Crippen LogP contribution < -0.4 is 4.74 Å². The van der Waals surface area contributed by atoms with Crippen LogP contribution >= 0.6 is 23.2 Å². The molecule has 0 unspecified atom stereocenters. The Balaban J connectivity index is 2.06. The number of benzene rings is 2. The molecule has 0 saturated carbocycles. The molecule has 194 valence electrons. The first-order valence-electron chi connectivity index (χ1n) is 12.4. The van der Waals surface area contributed by atoms with Gasteiger partial charge in [-0.25, -0.2) is 0 Å². The van der Waals surface area contributed by atoms with Crippen LogP contribution in [0.2, 0.25) is 10.0 Å². The normalized spacial score (nSPS) is 17.3. The summed E-state index contributed by atoms with van der Waals surface area (Å²) in [5.41, 5.74) is 1.93. The van der Waals surface area contributed by atoms with E-state index in [1.165, 1.54) is 4.90 Å². The smallest absolute Gasteiger partial charge is 0.295 e. The van der Waals surface area contributed by atoms with Crippen LogP contribution in [0.4, 0.5) is 0 Å². The molecule has 1 fully saturated rings. The summed E-state index contributed by atoms with van der Waals surface area (Å²) in [4.78, 5) is 30.1. The molecule has 1 N–H and O–H groups in total. The Morgan fingerprint density at radius 3 is 2.39 bits per heavy atom. The van der Waals surface area contributed by atoms with Crippen LogP contribution in [0.5, 0.6) is 5.75 Å². The van der Waals surface area contributed by atoms with Crippen LogP contribution in [-0.2, 0) is 9.59 Å². The lowest BCUT2D eigenvalue weighted by atomic mass is 9.94. The molecule has 1 amide bonds. The molecule has 1 atom stereocenters. The molecule has 2 aromatic rings. The van der Waals surface area contributed by atoms with Crippen molar-refractivity contribution in [1.29, 1.82) is 0 Å². The minimum Gasteiger partial charge on any atom is -0.507 e. The van der Waals surface area contributed by atoms with Gasteiger partial charge in [0, 0.05) is 18.7 Å². The van der Waals surface area contributed by atoms with Crippen LogP contribution in [0.1, 0.15) is 56.3 Å². The molecule has 8 heteroatoms. The molecule has 0 bridgehead atoms. The fraction of sp³-hybridized carbons (Fsp3) is 0.429. The van der Waals surface area contributed by atoms with E-state index in [0.29, 0.717) is 40.9 Å². The maximum absolute atomic E-state index is 13.3. The van der Waals surface area contributed by atoms with Gasteiger partial charge in [0.15, 0.2) is 0 Å². The highest BCUT2D eigenvalue weighted by molar-refractivity contribution is 6.46. The van der Waals surface area contributed by atoms with Crippen LogP contribution in [0.15, 0.2) is 42.0 Å². The molecule has 2 aromatic carbocycles. The number of halogens is 2. The Hall–Kier alpha value is -2.54. The van der Waals surface area contributed by atoms with Crippen molar-refractivity contribution < 1.29 is 19.4 Å². The first-order valence-corrected chi connectivity index (χ1v) is 13.2. The van der Waals surface area contributed by atoms with Crippen molar-refractivity contribution in [2.75, 3.05) is 32.8 Å². The van der Waals surface area contributed by atoms with Gasteiger partial charge in [-0.3, -0.25) is 9.59 Å². The zero-order valence-electron chi connectivity index (χ0n) is 21.3. The maximum atomic E-state index is 13.3. The number of amides is 1. The molecule has 1 saturated heterocycles. The summed E-state index contributed by atoms with van der Waals surface area (Å²) in [6.07, 6.45) is 1.97. The van der Waals surface area contributed by atoms with E-state index in [9.17, 15) is 14.7 Å². The number of ketones is 1. The quantitative estimate of drug-likeness (QED) is 0.160. The van der Waals surface area contributed by atoms with Gasteiger partial charge in [0.1, 0.15) is 11.5 Å². The van der Waals surface area contributed by atoms with Crippen molar-refractivity contribution in [3.63, 3.8) is 0 Å². The number of likely N-dealkylation sites (tertiary alicyclic amines) is 1. The predicted molar refractivity (Wildman–Crippen MR) is 145 cm³/mol. The Labute approximate surface area is 223 Å². The van der Waals surface area contributed by atoms with Gasteiger partial charge in [-0.1, -0.05) is 56.5 Å². The molecule has 3 rings (SSSR count). The summed E-state index contributed by atoms with van der Waals surface area (Å²) in [6, 6.07) is 9.49. The molecule has 36 heavy (non-hydrogen) atoms. The van der Waals surface area contributed by atoms with E-state index in [0.717, 1.165) is 37.2 Å². The molecule has 1 heterocycles. The van der Waals surface area contributed by atoms with Gasteiger partial charge in [0.25, 0.3) is 11.7 Å². The van der Waals surface area contributed by atoms with Gasteiger partial charge in [0.2, 0.25) is 0 Å². The molecule has 0 aromatic heterocycles. The molecular formula is C28H34Cl2N2O4. The lowest BCUT2D eigenvalue weighted by Crippen LogP contribution is -2.38. The Morgan fingerprint density at radius 1 is 1.06 bits per heavy atom. The van der Waals surface area contributed by atoms with Crippen LogP contribution in [0.25, 0.3) is 5.76 Å². The Kier molecular flexibility index (Phi) is 9.83. The third-order valence-electron chi connectivity index (χ3n) is 6.55. The zero-order chi connectivity index (χ0) is 26.4. The summed E-state index contributed by atoms with van der Waals surface area (Å²) in [5.74, 6) is -0.862. The summed E-state index contributed by atoms with van der Waals surface area (Å²) < 4.78 is 5.82. The second-order valence-electron chi connectivity index (χ2n) is 8.88. The number of likely N-dealkylation sites (N-methyl/N-ethyl adjacent to an activating group) is 1. The third kappa shape index (κ3) is 6.05. The van der Waals surface area contributed by atoms with E-state index >= 15 is 0 Å². The van der Waals surface area contributed by atoms with Crippen molar-refractivity contribution in [2.45, 2.75) is 46.6 Å². The molecule has 1 aliphatic heterocycles. The van der Waals surface area contributed by atoms with Gasteiger partial charge >= 0.3 is 0 Å². The van der Waals surface area contributed by atoms with E-state index in [-0.39, 0.29) is 11.3 Å². The number of aryl methyl sites for hydroxylation is 1. The van der Waals surface area contributed by atoms with Crippen molar-refractivity contribution in [1.82, 2.24) is 9.80 Å². The summed E-state index contributed by atoms with van der Waals surface area (Å²) in [5, 5.41) is 12.0. The van der Waals surface area contributed by atoms with Gasteiger partial charge in [-0.2, -0.15) is 0 Å². The number of unbranched alkanes of at least 4 members (excludes halogenated alkanes) is 1. The van der Waals surface area contributed by atoms with E-state index < -0.39 is 17.7 Å². The maximum Gasteiger partial charge on any atom is 0.295 e. The summed E-state index contributed by atoms with van der Waals surface area (Å²) >= 11 is 12.4. The van der Waals surface area contributed by atoms with Gasteiger partial charge in [-0.05, 0) is 67.9 Å². The van der Waals surface area contributed by atoms with E-state index in [1.807, 2.05) is 20.8 Å². The fourth-order valence-electron chi connectivity index (χ4n) is 4.37. The highest BCUT2D eigenvalue weighted by atomic mass is 35.5. The second kappa shape index (κ2) is 12.6. The van der Waals surface area contributed by atoms with Crippen molar-refractivity contribution in [3.05, 3.63) is 68.7 Å². The lowest BCUT2D eigenvalue weighted by molar-refractivity contribution is -0.140. The number of carbonyl (C=O) groups is 2. The highest BCUT2D eigenvalue weighted by Crippen LogP contribution is 2.41. The highest BCUT2D eigenvalue weighted by Gasteiger charge is 2.46. The summed E-state index contributed by atoms with van der Waals surface area (Å²) in [7, 11) is 0. The average molecular weight is 533 g/mol. The SMILES string of the molecule is CCCCOc1ccc(C(O)=C2C(=O)C(=O)N(CCN(CC)CC)[C@H]2c2ccc(Cl)c(Cl)c2)cc1C. The van der Waals surface area contributed by atoms with Gasteiger partial charge in [-0.15, -0.1) is 0 Å². The number of rotatable bonds is 11.